The zero-order valence-corrected chi connectivity index (χ0v) is 35.2. The number of fused-ring (bicyclic) bond motifs is 6. The topological polar surface area (TPSA) is 164 Å². The van der Waals surface area contributed by atoms with Gasteiger partial charge in [0.25, 0.3) is 0 Å². The zero-order valence-electron chi connectivity index (χ0n) is 35.2. The monoisotopic (exact) mass is 805 g/mol. The molecule has 2 unspecified atom stereocenters. The average molecular weight is 806 g/mol. The molecule has 0 bridgehead atoms. The van der Waals surface area contributed by atoms with Gasteiger partial charge < -0.3 is 39.1 Å². The summed E-state index contributed by atoms with van der Waals surface area (Å²) in [4.78, 5) is 60.0. The molecule has 3 aromatic carbocycles. The Morgan fingerprint density at radius 1 is 0.983 bits per heavy atom. The maximum Gasteiger partial charge on any atom is 0.410 e. The summed E-state index contributed by atoms with van der Waals surface area (Å²) in [6.45, 7) is 13.8. The number of imidazole rings is 2. The third-order valence-corrected chi connectivity index (χ3v) is 12.1. The smallest absolute Gasteiger partial charge is 0.410 e. The van der Waals surface area contributed by atoms with Gasteiger partial charge in [0.15, 0.2) is 0 Å². The predicted molar refractivity (Wildman–Crippen MR) is 224 cm³/mol. The van der Waals surface area contributed by atoms with Crippen LogP contribution in [0.2, 0.25) is 0 Å². The number of hydrogen-bond donors (Lipinski definition) is 3. The van der Waals surface area contributed by atoms with E-state index in [0.29, 0.717) is 26.3 Å². The lowest BCUT2D eigenvalue weighted by atomic mass is 9.92. The summed E-state index contributed by atoms with van der Waals surface area (Å²) < 4.78 is 22.5. The lowest BCUT2D eigenvalue weighted by molar-refractivity contribution is -0.135. The molecule has 5 aromatic rings. The van der Waals surface area contributed by atoms with E-state index in [0.717, 1.165) is 86.4 Å². The van der Waals surface area contributed by atoms with Crippen LogP contribution in [-0.4, -0.2) is 93.4 Å². The molecule has 0 aliphatic carbocycles. The average Bonchev–Trinajstić information content (AvgIpc) is 4.03. The molecule has 3 aliphatic rings. The molecule has 312 valence electrons. The molecule has 0 radical (unpaired) electrons. The SMILES string of the molecule is CCC(C)C(NC(=O)OC)C(=O)N1C[C@@H](C)C[C@H]1c1ncc(-c2ccc3c(c2)COc2cc4c(ccc5[nH]c([C@@H]6C[C@H](COC)CN6C(=O)OC(C)(C)C)nc54)cc2-3)[nH]1. The second-order valence-electron chi connectivity index (χ2n) is 17.5. The van der Waals surface area contributed by atoms with Crippen LogP contribution in [0.15, 0.2) is 48.7 Å². The Morgan fingerprint density at radius 2 is 1.78 bits per heavy atom. The normalized spacial score (nSPS) is 21.2. The molecule has 14 heteroatoms. The Bertz CT molecular complexity index is 2400. The van der Waals surface area contributed by atoms with Gasteiger partial charge in [-0.25, -0.2) is 19.6 Å². The summed E-state index contributed by atoms with van der Waals surface area (Å²) in [5.74, 6) is 2.47. The fraction of sp³-hybridized carbons (Fsp3) is 0.489. The first-order chi connectivity index (χ1) is 28.2. The minimum absolute atomic E-state index is 0.0690. The number of methoxy groups -OCH3 is 2. The standard InChI is InChI=1S/C45H55N7O7/c1-9-25(3)38(50-43(54)57-8)42(53)51-20-24(2)14-35(51)40-46-19-34(48-40)28-10-12-30-29(16-28)23-58-37-18-31-27(17-32(30)37)11-13-33-39(31)49-41(47-33)36-15-26(22-56-7)21-52(36)44(55)59-45(4,5)6/h10-13,16-19,24-26,35-36,38H,9,14-15,20-23H2,1-8H3,(H,46,48)(H,47,49)(H,50,54)/t24-,25?,26-,35-,36-,38?/m0/s1. The number of alkyl carbamates (subject to hydrolysis) is 1. The van der Waals surface area contributed by atoms with Gasteiger partial charge in [0.05, 0.1) is 48.7 Å². The van der Waals surface area contributed by atoms with Crippen LogP contribution < -0.4 is 10.1 Å². The number of rotatable bonds is 9. The van der Waals surface area contributed by atoms with Crippen molar-refractivity contribution in [3.8, 4) is 28.1 Å². The summed E-state index contributed by atoms with van der Waals surface area (Å²) in [7, 11) is 2.99. The van der Waals surface area contributed by atoms with E-state index < -0.39 is 17.7 Å². The van der Waals surface area contributed by atoms with Crippen LogP contribution in [0.3, 0.4) is 0 Å². The highest BCUT2D eigenvalue weighted by Gasteiger charge is 2.42. The van der Waals surface area contributed by atoms with Crippen molar-refractivity contribution in [1.82, 2.24) is 35.1 Å². The molecule has 3 amide bonds. The van der Waals surface area contributed by atoms with Crippen molar-refractivity contribution in [3.05, 3.63) is 65.9 Å². The summed E-state index contributed by atoms with van der Waals surface area (Å²) in [5, 5.41) is 4.77. The number of likely N-dealkylation sites (tertiary alicyclic amines) is 2. The number of nitrogens with one attached hydrogen (secondary N) is 3. The van der Waals surface area contributed by atoms with Crippen LogP contribution in [-0.2, 0) is 25.6 Å². The van der Waals surface area contributed by atoms with E-state index in [1.165, 1.54) is 7.11 Å². The van der Waals surface area contributed by atoms with Gasteiger partial charge >= 0.3 is 12.2 Å². The van der Waals surface area contributed by atoms with Gasteiger partial charge in [-0.1, -0.05) is 45.4 Å². The van der Waals surface area contributed by atoms with Crippen LogP contribution in [0, 0.1) is 17.8 Å². The van der Waals surface area contributed by atoms with Gasteiger partial charge in [0.2, 0.25) is 5.91 Å². The number of ether oxygens (including phenoxy) is 4. The number of H-pyrrole nitrogens is 2. The van der Waals surface area contributed by atoms with Gasteiger partial charge in [0.1, 0.15) is 35.6 Å². The molecule has 3 N–H and O–H groups in total. The quantitative estimate of drug-likeness (QED) is 0.133. The van der Waals surface area contributed by atoms with E-state index in [4.69, 9.17) is 28.9 Å². The van der Waals surface area contributed by atoms with E-state index in [1.807, 2.05) is 51.8 Å². The second-order valence-corrected chi connectivity index (χ2v) is 17.5. The van der Waals surface area contributed by atoms with Crippen LogP contribution >= 0.6 is 0 Å². The van der Waals surface area contributed by atoms with Crippen LogP contribution in [0.25, 0.3) is 44.2 Å². The number of carbonyl (C=O) groups excluding carboxylic acids is 3. The number of benzene rings is 3. The first-order valence-corrected chi connectivity index (χ1v) is 20.7. The third kappa shape index (κ3) is 7.82. The molecule has 3 aliphatic heterocycles. The Labute approximate surface area is 344 Å². The minimum atomic E-state index is -0.693. The molecule has 2 aromatic heterocycles. The maximum atomic E-state index is 13.9. The number of hydrogen-bond acceptors (Lipinski definition) is 9. The molecule has 8 rings (SSSR count). The van der Waals surface area contributed by atoms with Crippen LogP contribution in [0.1, 0.15) is 90.1 Å². The van der Waals surface area contributed by atoms with E-state index in [9.17, 15) is 14.4 Å². The Balaban J connectivity index is 1.05. The molecule has 5 heterocycles. The van der Waals surface area contributed by atoms with Crippen molar-refractivity contribution in [3.63, 3.8) is 0 Å². The van der Waals surface area contributed by atoms with Crippen molar-refractivity contribution < 1.29 is 33.3 Å². The molecule has 2 saturated heterocycles. The van der Waals surface area contributed by atoms with Gasteiger partial charge in [-0.2, -0.15) is 0 Å². The zero-order chi connectivity index (χ0) is 41.7. The fourth-order valence-electron chi connectivity index (χ4n) is 8.94. The van der Waals surface area contributed by atoms with Crippen LogP contribution in [0.5, 0.6) is 5.75 Å². The highest BCUT2D eigenvalue weighted by molar-refractivity contribution is 6.07. The Hall–Kier alpha value is -5.63. The van der Waals surface area contributed by atoms with Crippen molar-refractivity contribution in [2.45, 2.75) is 91.1 Å². The summed E-state index contributed by atoms with van der Waals surface area (Å²) in [5.41, 5.74) is 6.07. The van der Waals surface area contributed by atoms with E-state index in [2.05, 4.69) is 58.6 Å². The van der Waals surface area contributed by atoms with Crippen molar-refractivity contribution >= 4 is 39.9 Å². The molecular weight excluding hydrogens is 751 g/mol. The molecule has 0 saturated carbocycles. The summed E-state index contributed by atoms with van der Waals surface area (Å²) in [6, 6.07) is 13.5. The van der Waals surface area contributed by atoms with E-state index in [1.54, 1.807) is 12.0 Å². The highest BCUT2D eigenvalue weighted by Crippen LogP contribution is 2.44. The maximum absolute atomic E-state index is 13.9. The fourth-order valence-corrected chi connectivity index (χ4v) is 8.94. The second kappa shape index (κ2) is 15.9. The largest absolute Gasteiger partial charge is 0.488 e. The van der Waals surface area contributed by atoms with E-state index in [-0.39, 0.29) is 41.8 Å². The molecule has 6 atom stereocenters. The van der Waals surface area contributed by atoms with Crippen molar-refractivity contribution in [2.75, 3.05) is 33.9 Å². The van der Waals surface area contributed by atoms with Crippen molar-refractivity contribution in [1.29, 1.82) is 0 Å². The summed E-state index contributed by atoms with van der Waals surface area (Å²) >= 11 is 0. The number of amides is 3. The summed E-state index contributed by atoms with van der Waals surface area (Å²) in [6.07, 6.45) is 3.06. The third-order valence-electron chi connectivity index (χ3n) is 12.1. The number of aromatic amines is 2. The number of aromatic nitrogens is 4. The Morgan fingerprint density at radius 3 is 2.53 bits per heavy atom. The molecule has 59 heavy (non-hydrogen) atoms. The Kier molecular flexibility index (Phi) is 10.8. The molecule has 0 spiro atoms. The number of carbonyl (C=O) groups is 3. The first-order valence-electron chi connectivity index (χ1n) is 20.7. The van der Waals surface area contributed by atoms with Gasteiger partial charge in [0, 0.05) is 37.1 Å². The number of nitrogens with zero attached hydrogens (tertiary/aromatic N) is 4. The lowest BCUT2D eigenvalue weighted by Gasteiger charge is -2.30. The highest BCUT2D eigenvalue weighted by atomic mass is 16.6. The first kappa shape index (κ1) is 40.2. The van der Waals surface area contributed by atoms with Crippen LogP contribution in [0.4, 0.5) is 9.59 Å². The molecular formula is C45H55N7O7. The molecule has 14 nitrogen and oxygen atoms in total. The van der Waals surface area contributed by atoms with Gasteiger partial charge in [-0.15, -0.1) is 0 Å². The predicted octanol–water partition coefficient (Wildman–Crippen LogP) is 8.29. The lowest BCUT2D eigenvalue weighted by Crippen LogP contribution is -2.51. The van der Waals surface area contributed by atoms with Gasteiger partial charge in [-0.3, -0.25) is 9.69 Å². The van der Waals surface area contributed by atoms with E-state index >= 15 is 0 Å². The van der Waals surface area contributed by atoms with Gasteiger partial charge in [-0.05, 0) is 91.8 Å². The van der Waals surface area contributed by atoms with Crippen molar-refractivity contribution in [2.24, 2.45) is 17.8 Å². The minimum Gasteiger partial charge on any atom is -0.488 e. The molecule has 2 fully saturated rings.